The monoisotopic (exact) mass is 441 g/mol. The lowest BCUT2D eigenvalue weighted by atomic mass is 9.79. The summed E-state index contributed by atoms with van der Waals surface area (Å²) in [6, 6.07) is 0.481. The van der Waals surface area contributed by atoms with Crippen molar-refractivity contribution >= 4 is 21.7 Å². The number of piperidine rings is 1. The number of carbonyl (C=O) groups is 2. The van der Waals surface area contributed by atoms with Crippen LogP contribution in [0.1, 0.15) is 65.7 Å². The van der Waals surface area contributed by atoms with Gasteiger partial charge in [-0.1, -0.05) is 13.8 Å². The summed E-state index contributed by atoms with van der Waals surface area (Å²) in [4.78, 5) is 28.1. The Morgan fingerprint density at radius 3 is 1.97 bits per heavy atom. The van der Waals surface area contributed by atoms with Gasteiger partial charge in [-0.2, -0.15) is 4.31 Å². The van der Waals surface area contributed by atoms with Crippen molar-refractivity contribution in [1.82, 2.24) is 14.1 Å². The highest BCUT2D eigenvalue weighted by molar-refractivity contribution is 7.89. The lowest BCUT2D eigenvalue weighted by Gasteiger charge is -2.42. The molecule has 8 heteroatoms. The minimum Gasteiger partial charge on any atom is -0.343 e. The fourth-order valence-electron chi connectivity index (χ4n) is 5.33. The van der Waals surface area contributed by atoms with Crippen LogP contribution < -0.4 is 0 Å². The van der Waals surface area contributed by atoms with E-state index in [1.165, 1.54) is 0 Å². The maximum Gasteiger partial charge on any atom is 0.219 e. The normalized spacial score (nSPS) is 29.0. The van der Waals surface area contributed by atoms with E-state index in [1.54, 1.807) is 16.1 Å². The van der Waals surface area contributed by atoms with E-state index in [1.807, 2.05) is 6.92 Å². The number of Topliss-reactive ketones (excluding diaryl/α,β-unsaturated/α-hetero) is 1. The average molecular weight is 442 g/mol. The summed E-state index contributed by atoms with van der Waals surface area (Å²) in [5, 5.41) is -0.360. The summed E-state index contributed by atoms with van der Waals surface area (Å²) in [7, 11) is -3.30. The first-order valence-corrected chi connectivity index (χ1v) is 13.3. The molecule has 2 aliphatic heterocycles. The zero-order valence-electron chi connectivity index (χ0n) is 18.9. The van der Waals surface area contributed by atoms with E-state index in [0.717, 1.165) is 45.2 Å². The Morgan fingerprint density at radius 1 is 0.900 bits per heavy atom. The summed E-state index contributed by atoms with van der Waals surface area (Å²) in [6.45, 7) is 9.41. The number of hydrogen-bond acceptors (Lipinski definition) is 5. The van der Waals surface area contributed by atoms with Crippen molar-refractivity contribution in [3.63, 3.8) is 0 Å². The van der Waals surface area contributed by atoms with Gasteiger partial charge in [0.15, 0.2) is 0 Å². The van der Waals surface area contributed by atoms with Gasteiger partial charge in [0.2, 0.25) is 15.9 Å². The summed E-state index contributed by atoms with van der Waals surface area (Å²) in [6.07, 6.45) is 6.03. The van der Waals surface area contributed by atoms with Crippen LogP contribution in [0.2, 0.25) is 0 Å². The molecule has 2 heterocycles. The number of piperazine rings is 1. The van der Waals surface area contributed by atoms with Crippen LogP contribution in [-0.2, 0) is 19.6 Å². The molecule has 1 amide bonds. The second kappa shape index (κ2) is 10.1. The molecule has 3 aliphatic rings. The Morgan fingerprint density at radius 2 is 1.47 bits per heavy atom. The van der Waals surface area contributed by atoms with Gasteiger partial charge < -0.3 is 4.90 Å². The van der Waals surface area contributed by atoms with Crippen molar-refractivity contribution in [3.8, 4) is 0 Å². The number of rotatable bonds is 6. The molecule has 1 unspecified atom stereocenters. The highest BCUT2D eigenvalue weighted by atomic mass is 32.2. The van der Waals surface area contributed by atoms with Gasteiger partial charge >= 0.3 is 0 Å². The molecule has 3 fully saturated rings. The van der Waals surface area contributed by atoms with Crippen molar-refractivity contribution in [3.05, 3.63) is 0 Å². The molecular formula is C22H39N3O4S. The van der Waals surface area contributed by atoms with Crippen LogP contribution in [0.15, 0.2) is 0 Å². The van der Waals surface area contributed by atoms with Crippen LogP contribution in [0.25, 0.3) is 0 Å². The second-order valence-electron chi connectivity index (χ2n) is 9.40. The molecule has 0 bridgehead atoms. The predicted octanol–water partition coefficient (Wildman–Crippen LogP) is 2.12. The fraction of sp³-hybridized carbons (Fsp3) is 0.909. The van der Waals surface area contributed by atoms with Gasteiger partial charge in [-0.3, -0.25) is 14.5 Å². The number of amides is 1. The zero-order valence-corrected chi connectivity index (χ0v) is 19.7. The van der Waals surface area contributed by atoms with Gasteiger partial charge in [0.1, 0.15) is 5.78 Å². The van der Waals surface area contributed by atoms with Crippen LogP contribution in [-0.4, -0.2) is 84.8 Å². The first kappa shape index (κ1) is 23.7. The summed E-state index contributed by atoms with van der Waals surface area (Å²) < 4.78 is 27.8. The van der Waals surface area contributed by atoms with E-state index < -0.39 is 10.0 Å². The van der Waals surface area contributed by atoms with Gasteiger partial charge in [-0.15, -0.1) is 0 Å². The van der Waals surface area contributed by atoms with Gasteiger partial charge in [0, 0.05) is 64.1 Å². The first-order valence-electron chi connectivity index (χ1n) is 11.8. The van der Waals surface area contributed by atoms with E-state index in [9.17, 15) is 18.0 Å². The molecular weight excluding hydrogens is 402 g/mol. The Balaban J connectivity index is 1.46. The lowest BCUT2D eigenvalue weighted by Crippen LogP contribution is -2.55. The van der Waals surface area contributed by atoms with Gasteiger partial charge in [-0.25, -0.2) is 8.42 Å². The summed E-state index contributed by atoms with van der Waals surface area (Å²) >= 11 is 0. The Hall–Kier alpha value is -0.990. The number of hydrogen-bond donors (Lipinski definition) is 0. The highest BCUT2D eigenvalue weighted by Crippen LogP contribution is 2.31. The molecule has 3 rings (SSSR count). The van der Waals surface area contributed by atoms with Crippen LogP contribution >= 0.6 is 0 Å². The quantitative estimate of drug-likeness (QED) is 0.631. The first-order chi connectivity index (χ1) is 14.2. The fourth-order valence-corrected chi connectivity index (χ4v) is 7.23. The minimum absolute atomic E-state index is 0.0278. The molecule has 30 heavy (non-hydrogen) atoms. The van der Waals surface area contributed by atoms with Crippen LogP contribution in [0.5, 0.6) is 0 Å². The van der Waals surface area contributed by atoms with Crippen molar-refractivity contribution < 1.29 is 18.0 Å². The summed E-state index contributed by atoms with van der Waals surface area (Å²) in [5.74, 6) is 0.851. The van der Waals surface area contributed by atoms with E-state index in [0.29, 0.717) is 50.8 Å². The molecule has 1 aliphatic carbocycles. The number of sulfonamides is 1. The lowest BCUT2D eigenvalue weighted by molar-refractivity contribution is -0.129. The summed E-state index contributed by atoms with van der Waals surface area (Å²) in [5.41, 5.74) is 0. The number of carbonyl (C=O) groups excluding carboxylic acids is 2. The number of likely N-dealkylation sites (tertiary alicyclic amines) is 1. The molecule has 0 N–H and O–H groups in total. The molecule has 1 saturated carbocycles. The third-order valence-corrected chi connectivity index (χ3v) is 10.1. The largest absolute Gasteiger partial charge is 0.343 e. The zero-order chi connectivity index (χ0) is 21.9. The van der Waals surface area contributed by atoms with Crippen LogP contribution in [0.4, 0.5) is 0 Å². The van der Waals surface area contributed by atoms with Crippen molar-refractivity contribution in [1.29, 1.82) is 0 Å². The Bertz CT molecular complexity index is 702. The SMILES string of the molecule is CCC(C)C(=O)C1CCC(N2CCN(S(=O)(=O)C3CCN(C(C)=O)CC3)CC2)CC1. The van der Waals surface area contributed by atoms with Crippen LogP contribution in [0, 0.1) is 11.8 Å². The molecule has 0 spiro atoms. The standard InChI is InChI=1S/C22H39N3O4S/c1-4-17(2)22(27)19-5-7-20(8-6-19)24-13-15-25(16-14-24)30(28,29)21-9-11-23(12-10-21)18(3)26/h17,19-21H,4-16H2,1-3H3. The van der Waals surface area contributed by atoms with Gasteiger partial charge in [-0.05, 0) is 44.9 Å². The Labute approximate surface area is 182 Å². The topological polar surface area (TPSA) is 78.0 Å². The van der Waals surface area contributed by atoms with Crippen LogP contribution in [0.3, 0.4) is 0 Å². The van der Waals surface area contributed by atoms with Gasteiger partial charge in [0.25, 0.3) is 0 Å². The molecule has 1 atom stereocenters. The van der Waals surface area contributed by atoms with Gasteiger partial charge in [0.05, 0.1) is 5.25 Å². The van der Waals surface area contributed by atoms with E-state index in [2.05, 4.69) is 11.8 Å². The third-order valence-electron chi connectivity index (χ3n) is 7.66. The Kier molecular flexibility index (Phi) is 7.96. The molecule has 0 radical (unpaired) electrons. The molecule has 2 saturated heterocycles. The number of ketones is 1. The molecule has 7 nitrogen and oxygen atoms in total. The molecule has 0 aromatic heterocycles. The van der Waals surface area contributed by atoms with Crippen molar-refractivity contribution in [2.24, 2.45) is 11.8 Å². The van der Waals surface area contributed by atoms with E-state index in [-0.39, 0.29) is 23.0 Å². The highest BCUT2D eigenvalue weighted by Gasteiger charge is 2.38. The average Bonchev–Trinajstić information content (AvgIpc) is 2.78. The smallest absolute Gasteiger partial charge is 0.219 e. The maximum absolute atomic E-state index is 13.1. The third kappa shape index (κ3) is 5.25. The molecule has 0 aromatic carbocycles. The second-order valence-corrected chi connectivity index (χ2v) is 11.6. The van der Waals surface area contributed by atoms with E-state index in [4.69, 9.17) is 0 Å². The van der Waals surface area contributed by atoms with Crippen molar-refractivity contribution in [2.75, 3.05) is 39.3 Å². The minimum atomic E-state index is -3.30. The predicted molar refractivity (Wildman–Crippen MR) is 118 cm³/mol. The molecule has 0 aromatic rings. The maximum atomic E-state index is 13.1. The van der Waals surface area contributed by atoms with E-state index >= 15 is 0 Å². The molecule has 172 valence electrons. The van der Waals surface area contributed by atoms with Crippen molar-refractivity contribution in [2.45, 2.75) is 77.0 Å². The number of nitrogens with zero attached hydrogens (tertiary/aromatic N) is 3.